The average molecular weight is 435 g/mol. The Morgan fingerprint density at radius 1 is 1.07 bits per heavy atom. The number of halogens is 1. The van der Waals surface area contributed by atoms with E-state index in [4.69, 9.17) is 11.6 Å². The third kappa shape index (κ3) is 4.38. The van der Waals surface area contributed by atoms with Crippen molar-refractivity contribution in [1.82, 2.24) is 5.32 Å². The number of nitrogens with zero attached hydrogens (tertiary/aromatic N) is 1. The van der Waals surface area contributed by atoms with Gasteiger partial charge in [-0.05, 0) is 48.2 Å². The quantitative estimate of drug-likeness (QED) is 0.593. The van der Waals surface area contributed by atoms with Gasteiger partial charge in [-0.15, -0.1) is 11.3 Å². The van der Waals surface area contributed by atoms with E-state index in [1.54, 1.807) is 60.8 Å². The van der Waals surface area contributed by atoms with Gasteiger partial charge in [0.2, 0.25) is 0 Å². The van der Waals surface area contributed by atoms with Gasteiger partial charge in [-0.2, -0.15) is 0 Å². The van der Waals surface area contributed by atoms with Gasteiger partial charge in [0.05, 0.1) is 10.6 Å². The molecular formula is C20H19ClN2O3S2. The Balaban J connectivity index is 1.83. The molecule has 0 spiro atoms. The minimum atomic E-state index is -3.76. The summed E-state index contributed by atoms with van der Waals surface area (Å²) in [6.45, 7) is 2.28. The van der Waals surface area contributed by atoms with Crippen molar-refractivity contribution < 1.29 is 13.2 Å². The summed E-state index contributed by atoms with van der Waals surface area (Å²) in [6, 6.07) is 17.0. The number of anilines is 1. The van der Waals surface area contributed by atoms with E-state index in [1.165, 1.54) is 15.6 Å². The molecule has 0 aliphatic heterocycles. The van der Waals surface area contributed by atoms with Crippen LogP contribution in [0.5, 0.6) is 0 Å². The molecule has 1 aromatic heterocycles. The summed E-state index contributed by atoms with van der Waals surface area (Å²) >= 11 is 7.08. The molecule has 8 heteroatoms. The van der Waals surface area contributed by atoms with Crippen LogP contribution >= 0.6 is 22.9 Å². The number of carbonyl (C=O) groups excluding carboxylic acids is 1. The van der Waals surface area contributed by atoms with Gasteiger partial charge in [0.15, 0.2) is 0 Å². The van der Waals surface area contributed by atoms with Crippen LogP contribution in [0.3, 0.4) is 0 Å². The number of rotatable bonds is 7. The Kier molecular flexibility index (Phi) is 6.39. The zero-order valence-corrected chi connectivity index (χ0v) is 17.5. The second kappa shape index (κ2) is 8.77. The lowest BCUT2D eigenvalue weighted by molar-refractivity contribution is 0.0955. The van der Waals surface area contributed by atoms with Gasteiger partial charge in [0.1, 0.15) is 4.88 Å². The summed E-state index contributed by atoms with van der Waals surface area (Å²) in [6.07, 6.45) is 0. The summed E-state index contributed by atoms with van der Waals surface area (Å²) in [7, 11) is -3.76. The second-order valence-corrected chi connectivity index (χ2v) is 9.14. The highest BCUT2D eigenvalue weighted by Crippen LogP contribution is 2.31. The third-order valence-electron chi connectivity index (χ3n) is 4.10. The molecule has 0 aliphatic rings. The zero-order valence-electron chi connectivity index (χ0n) is 15.1. The summed E-state index contributed by atoms with van der Waals surface area (Å²) in [5, 5.41) is 5.18. The van der Waals surface area contributed by atoms with Crippen LogP contribution in [0.15, 0.2) is 70.9 Å². The molecule has 1 N–H and O–H groups in total. The molecule has 0 bridgehead atoms. The number of sulfonamides is 1. The van der Waals surface area contributed by atoms with Crippen LogP contribution in [-0.2, 0) is 16.6 Å². The molecule has 28 heavy (non-hydrogen) atoms. The van der Waals surface area contributed by atoms with Crippen molar-refractivity contribution in [2.45, 2.75) is 18.4 Å². The Labute approximate surface area is 173 Å². The molecule has 0 atom stereocenters. The Hall–Kier alpha value is -2.35. The molecule has 0 unspecified atom stereocenters. The van der Waals surface area contributed by atoms with Crippen molar-refractivity contribution in [3.63, 3.8) is 0 Å². The van der Waals surface area contributed by atoms with Crippen LogP contribution in [-0.4, -0.2) is 20.9 Å². The van der Waals surface area contributed by atoms with E-state index in [-0.39, 0.29) is 17.3 Å². The molecule has 3 aromatic rings. The molecule has 1 amide bonds. The van der Waals surface area contributed by atoms with Gasteiger partial charge in [0, 0.05) is 18.1 Å². The molecule has 0 fully saturated rings. The molecule has 2 aromatic carbocycles. The van der Waals surface area contributed by atoms with E-state index in [0.29, 0.717) is 22.1 Å². The topological polar surface area (TPSA) is 66.5 Å². The highest BCUT2D eigenvalue weighted by Gasteiger charge is 2.27. The van der Waals surface area contributed by atoms with E-state index >= 15 is 0 Å². The Bertz CT molecular complexity index is 1050. The van der Waals surface area contributed by atoms with Crippen LogP contribution in [0, 0.1) is 0 Å². The van der Waals surface area contributed by atoms with Crippen LogP contribution in [0.25, 0.3) is 0 Å². The maximum absolute atomic E-state index is 13.0. The van der Waals surface area contributed by atoms with Crippen molar-refractivity contribution in [3.05, 3.63) is 81.5 Å². The monoisotopic (exact) mass is 434 g/mol. The molecular weight excluding hydrogens is 416 g/mol. The first-order valence-electron chi connectivity index (χ1n) is 8.61. The van der Waals surface area contributed by atoms with Crippen molar-refractivity contribution >= 4 is 44.6 Å². The SMILES string of the molecule is CCN(c1ccsc1C(=O)NCc1ccc(Cl)cc1)S(=O)(=O)c1ccccc1. The maximum atomic E-state index is 13.0. The molecule has 0 radical (unpaired) electrons. The fourth-order valence-corrected chi connectivity index (χ4v) is 5.22. The predicted octanol–water partition coefficient (Wildman–Crippen LogP) is 4.55. The minimum Gasteiger partial charge on any atom is -0.347 e. The molecule has 5 nitrogen and oxygen atoms in total. The molecule has 3 rings (SSSR count). The van der Waals surface area contributed by atoms with Gasteiger partial charge in [-0.1, -0.05) is 41.9 Å². The van der Waals surface area contributed by atoms with Crippen LogP contribution < -0.4 is 9.62 Å². The van der Waals surface area contributed by atoms with Crippen molar-refractivity contribution in [2.24, 2.45) is 0 Å². The third-order valence-corrected chi connectivity index (χ3v) is 7.16. The highest BCUT2D eigenvalue weighted by molar-refractivity contribution is 7.92. The van der Waals surface area contributed by atoms with E-state index in [2.05, 4.69) is 5.32 Å². The van der Waals surface area contributed by atoms with Crippen LogP contribution in [0.4, 0.5) is 5.69 Å². The lowest BCUT2D eigenvalue weighted by Gasteiger charge is -2.23. The first kappa shape index (κ1) is 20.4. The van der Waals surface area contributed by atoms with Gasteiger partial charge in [-0.25, -0.2) is 8.42 Å². The highest BCUT2D eigenvalue weighted by atomic mass is 35.5. The van der Waals surface area contributed by atoms with Crippen LogP contribution in [0.1, 0.15) is 22.2 Å². The van der Waals surface area contributed by atoms with Crippen molar-refractivity contribution in [2.75, 3.05) is 10.8 Å². The van der Waals surface area contributed by atoms with Crippen molar-refractivity contribution in [3.8, 4) is 0 Å². The van der Waals surface area contributed by atoms with E-state index in [1.807, 2.05) is 12.1 Å². The lowest BCUT2D eigenvalue weighted by atomic mass is 10.2. The van der Waals surface area contributed by atoms with E-state index in [0.717, 1.165) is 5.56 Å². The fraction of sp³-hybridized carbons (Fsp3) is 0.150. The number of nitrogens with one attached hydrogen (secondary N) is 1. The smallest absolute Gasteiger partial charge is 0.264 e. The fourth-order valence-electron chi connectivity index (χ4n) is 2.72. The Morgan fingerprint density at radius 2 is 1.75 bits per heavy atom. The minimum absolute atomic E-state index is 0.190. The molecule has 0 aliphatic carbocycles. The zero-order chi connectivity index (χ0) is 20.1. The number of hydrogen-bond acceptors (Lipinski definition) is 4. The summed E-state index contributed by atoms with van der Waals surface area (Å²) in [5.41, 5.74) is 1.28. The normalized spacial score (nSPS) is 11.2. The molecule has 0 saturated carbocycles. The number of carbonyl (C=O) groups is 1. The lowest BCUT2D eigenvalue weighted by Crippen LogP contribution is -2.32. The molecule has 0 saturated heterocycles. The summed E-state index contributed by atoms with van der Waals surface area (Å²) in [4.78, 5) is 13.2. The number of benzene rings is 2. The number of hydrogen-bond donors (Lipinski definition) is 1. The van der Waals surface area contributed by atoms with Gasteiger partial charge in [-0.3, -0.25) is 9.10 Å². The Morgan fingerprint density at radius 3 is 2.39 bits per heavy atom. The second-order valence-electron chi connectivity index (χ2n) is 5.93. The summed E-state index contributed by atoms with van der Waals surface area (Å²) in [5.74, 6) is -0.318. The first-order chi connectivity index (χ1) is 13.4. The number of amides is 1. The van der Waals surface area contributed by atoms with Crippen molar-refractivity contribution in [1.29, 1.82) is 0 Å². The largest absolute Gasteiger partial charge is 0.347 e. The summed E-state index contributed by atoms with van der Waals surface area (Å²) < 4.78 is 27.3. The standard InChI is InChI=1S/C20H19ClN2O3S2/c1-2-23(28(25,26)17-6-4-3-5-7-17)18-12-13-27-19(18)20(24)22-14-15-8-10-16(21)11-9-15/h3-13H,2,14H2,1H3,(H,22,24). The predicted molar refractivity (Wildman–Crippen MR) is 114 cm³/mol. The van der Waals surface area contributed by atoms with Gasteiger partial charge in [0.25, 0.3) is 15.9 Å². The first-order valence-corrected chi connectivity index (χ1v) is 11.3. The maximum Gasteiger partial charge on any atom is 0.264 e. The van der Waals surface area contributed by atoms with Gasteiger partial charge < -0.3 is 5.32 Å². The van der Waals surface area contributed by atoms with E-state index < -0.39 is 10.0 Å². The van der Waals surface area contributed by atoms with E-state index in [9.17, 15) is 13.2 Å². The average Bonchev–Trinajstić information content (AvgIpc) is 3.18. The van der Waals surface area contributed by atoms with Crippen LogP contribution in [0.2, 0.25) is 5.02 Å². The number of thiophene rings is 1. The molecule has 146 valence electrons. The molecule has 1 heterocycles. The van der Waals surface area contributed by atoms with Gasteiger partial charge >= 0.3 is 0 Å².